The highest BCUT2D eigenvalue weighted by Crippen LogP contribution is 2.25. The molecule has 19 heavy (non-hydrogen) atoms. The molecule has 0 radical (unpaired) electrons. The lowest BCUT2D eigenvalue weighted by Gasteiger charge is -2.38. The zero-order valence-electron chi connectivity index (χ0n) is 12.4. The third-order valence-electron chi connectivity index (χ3n) is 5.02. The van der Waals surface area contributed by atoms with Gasteiger partial charge in [0.1, 0.15) is 0 Å². The van der Waals surface area contributed by atoms with Crippen molar-refractivity contribution in [1.29, 1.82) is 0 Å². The summed E-state index contributed by atoms with van der Waals surface area (Å²) in [4.78, 5) is 5.35. The minimum absolute atomic E-state index is 0.737. The fourth-order valence-electron chi connectivity index (χ4n) is 3.80. The maximum absolute atomic E-state index is 2.73. The summed E-state index contributed by atoms with van der Waals surface area (Å²) in [6, 6.07) is 0.867. The Balaban J connectivity index is 1.57. The summed E-state index contributed by atoms with van der Waals surface area (Å²) in [6.45, 7) is 7.56. The predicted molar refractivity (Wildman–Crippen MR) is 81.0 cm³/mol. The van der Waals surface area contributed by atoms with Gasteiger partial charge in [-0.05, 0) is 63.6 Å². The molecule has 1 unspecified atom stereocenters. The number of hydrogen-bond donors (Lipinski definition) is 0. The first kappa shape index (κ1) is 13.2. The summed E-state index contributed by atoms with van der Waals surface area (Å²) in [5.41, 5.74) is 1.49. The van der Waals surface area contributed by atoms with Gasteiger partial charge in [0, 0.05) is 24.8 Å². The van der Waals surface area contributed by atoms with Crippen LogP contribution in [-0.4, -0.2) is 42.0 Å². The molecular weight excluding hydrogens is 232 g/mol. The Bertz CT molecular complexity index is 344. The van der Waals surface area contributed by atoms with Gasteiger partial charge in [-0.1, -0.05) is 19.1 Å². The molecule has 2 aliphatic heterocycles. The molecule has 0 N–H and O–H groups in total. The van der Waals surface area contributed by atoms with Gasteiger partial charge < -0.3 is 9.80 Å². The smallest absolute Gasteiger partial charge is 0.0325 e. The minimum Gasteiger partial charge on any atom is -0.372 e. The standard InChI is InChI=1S/C17H28N2/c1-15-6-2-3-7-17(14-15)19-12-8-16(9-13-19)18-10-4-5-11-18/h3,7,14-16H,2,4-6,8-13H2,1H3. The SMILES string of the molecule is CC1C=C(N2CCC(N3CCCC3)CC2)C=CCC1. The number of allylic oxidation sites excluding steroid dienone is 3. The molecule has 0 saturated carbocycles. The number of rotatable bonds is 2. The Morgan fingerprint density at radius 3 is 2.47 bits per heavy atom. The molecule has 2 heterocycles. The third-order valence-corrected chi connectivity index (χ3v) is 5.02. The van der Waals surface area contributed by atoms with Gasteiger partial charge in [0.15, 0.2) is 0 Å². The molecule has 2 heteroatoms. The van der Waals surface area contributed by atoms with Crippen LogP contribution in [0.2, 0.25) is 0 Å². The van der Waals surface area contributed by atoms with Crippen molar-refractivity contribution in [3.63, 3.8) is 0 Å². The van der Waals surface area contributed by atoms with Gasteiger partial charge >= 0.3 is 0 Å². The van der Waals surface area contributed by atoms with Crippen molar-refractivity contribution in [3.8, 4) is 0 Å². The highest BCUT2D eigenvalue weighted by atomic mass is 15.2. The summed E-state index contributed by atoms with van der Waals surface area (Å²) in [7, 11) is 0. The van der Waals surface area contributed by atoms with E-state index in [2.05, 4.69) is 35.0 Å². The Morgan fingerprint density at radius 1 is 1.00 bits per heavy atom. The number of hydrogen-bond acceptors (Lipinski definition) is 2. The van der Waals surface area contributed by atoms with Crippen molar-refractivity contribution >= 4 is 0 Å². The number of nitrogens with zero attached hydrogens (tertiary/aromatic N) is 2. The van der Waals surface area contributed by atoms with Crippen molar-refractivity contribution in [1.82, 2.24) is 9.80 Å². The first-order valence-electron chi connectivity index (χ1n) is 8.20. The third kappa shape index (κ3) is 3.22. The van der Waals surface area contributed by atoms with E-state index >= 15 is 0 Å². The van der Waals surface area contributed by atoms with Gasteiger partial charge in [0.2, 0.25) is 0 Å². The molecule has 106 valence electrons. The highest BCUT2D eigenvalue weighted by molar-refractivity contribution is 5.21. The van der Waals surface area contributed by atoms with Crippen LogP contribution < -0.4 is 0 Å². The maximum Gasteiger partial charge on any atom is 0.0325 e. The molecule has 2 nitrogen and oxygen atoms in total. The van der Waals surface area contributed by atoms with Gasteiger partial charge in [-0.25, -0.2) is 0 Å². The molecule has 0 aromatic heterocycles. The summed E-state index contributed by atoms with van der Waals surface area (Å²) >= 11 is 0. The van der Waals surface area contributed by atoms with Crippen LogP contribution in [0, 0.1) is 5.92 Å². The summed E-state index contributed by atoms with van der Waals surface area (Å²) < 4.78 is 0. The Kier molecular flexibility index (Phi) is 4.27. The van der Waals surface area contributed by atoms with Gasteiger partial charge in [0.05, 0.1) is 0 Å². The first-order chi connectivity index (χ1) is 9.33. The quantitative estimate of drug-likeness (QED) is 0.750. The molecule has 3 rings (SSSR count). The summed E-state index contributed by atoms with van der Waals surface area (Å²) in [5.74, 6) is 0.737. The fraction of sp³-hybridized carbons (Fsp3) is 0.765. The van der Waals surface area contributed by atoms with Crippen LogP contribution >= 0.6 is 0 Å². The minimum atomic E-state index is 0.737. The van der Waals surface area contributed by atoms with E-state index in [0.29, 0.717) is 0 Å². The molecule has 1 atom stereocenters. The van der Waals surface area contributed by atoms with Crippen molar-refractivity contribution < 1.29 is 0 Å². The average Bonchev–Trinajstić information content (AvgIpc) is 2.88. The van der Waals surface area contributed by atoms with Crippen LogP contribution in [0.4, 0.5) is 0 Å². The Labute approximate surface area is 118 Å². The van der Waals surface area contributed by atoms with E-state index in [4.69, 9.17) is 0 Å². The molecule has 0 aromatic rings. The van der Waals surface area contributed by atoms with Crippen LogP contribution in [0.1, 0.15) is 45.4 Å². The normalized spacial score (nSPS) is 30.5. The van der Waals surface area contributed by atoms with Crippen molar-refractivity contribution in [2.45, 2.75) is 51.5 Å². The maximum atomic E-state index is 2.73. The fourth-order valence-corrected chi connectivity index (χ4v) is 3.80. The van der Waals surface area contributed by atoms with E-state index in [1.165, 1.54) is 70.4 Å². The van der Waals surface area contributed by atoms with Crippen LogP contribution in [-0.2, 0) is 0 Å². The Hall–Kier alpha value is -0.760. The molecule has 2 fully saturated rings. The second-order valence-corrected chi connectivity index (χ2v) is 6.51. The highest BCUT2D eigenvalue weighted by Gasteiger charge is 2.26. The van der Waals surface area contributed by atoms with E-state index in [0.717, 1.165) is 12.0 Å². The molecular formula is C17H28N2. The van der Waals surface area contributed by atoms with Gasteiger partial charge in [0.25, 0.3) is 0 Å². The van der Waals surface area contributed by atoms with Gasteiger partial charge in [-0.15, -0.1) is 0 Å². The lowest BCUT2D eigenvalue weighted by atomic mass is 10.0. The Morgan fingerprint density at radius 2 is 1.74 bits per heavy atom. The molecule has 0 bridgehead atoms. The van der Waals surface area contributed by atoms with E-state index < -0.39 is 0 Å². The van der Waals surface area contributed by atoms with Gasteiger partial charge in [-0.2, -0.15) is 0 Å². The van der Waals surface area contributed by atoms with Crippen LogP contribution in [0.5, 0.6) is 0 Å². The molecule has 0 amide bonds. The summed E-state index contributed by atoms with van der Waals surface area (Å²) in [5, 5.41) is 0. The van der Waals surface area contributed by atoms with Crippen LogP contribution in [0.25, 0.3) is 0 Å². The van der Waals surface area contributed by atoms with Crippen molar-refractivity contribution in [3.05, 3.63) is 23.9 Å². The topological polar surface area (TPSA) is 6.48 Å². The molecule has 2 saturated heterocycles. The van der Waals surface area contributed by atoms with Crippen LogP contribution in [0.15, 0.2) is 23.9 Å². The summed E-state index contributed by atoms with van der Waals surface area (Å²) in [6.07, 6.45) is 15.3. The van der Waals surface area contributed by atoms with Crippen molar-refractivity contribution in [2.24, 2.45) is 5.92 Å². The number of likely N-dealkylation sites (tertiary alicyclic amines) is 2. The van der Waals surface area contributed by atoms with Crippen LogP contribution in [0.3, 0.4) is 0 Å². The lowest BCUT2D eigenvalue weighted by Crippen LogP contribution is -2.43. The van der Waals surface area contributed by atoms with E-state index in [-0.39, 0.29) is 0 Å². The predicted octanol–water partition coefficient (Wildman–Crippen LogP) is 3.42. The monoisotopic (exact) mass is 260 g/mol. The number of piperidine rings is 1. The second-order valence-electron chi connectivity index (χ2n) is 6.51. The average molecular weight is 260 g/mol. The second kappa shape index (κ2) is 6.13. The van der Waals surface area contributed by atoms with E-state index in [1.54, 1.807) is 0 Å². The first-order valence-corrected chi connectivity index (χ1v) is 8.20. The molecule has 0 aromatic carbocycles. The largest absolute Gasteiger partial charge is 0.372 e. The molecule has 1 aliphatic carbocycles. The van der Waals surface area contributed by atoms with E-state index in [9.17, 15) is 0 Å². The molecule has 0 spiro atoms. The van der Waals surface area contributed by atoms with Crippen molar-refractivity contribution in [2.75, 3.05) is 26.2 Å². The van der Waals surface area contributed by atoms with Gasteiger partial charge in [-0.3, -0.25) is 0 Å². The lowest BCUT2D eigenvalue weighted by molar-refractivity contribution is 0.149. The zero-order valence-corrected chi connectivity index (χ0v) is 12.4. The zero-order chi connectivity index (χ0) is 13.1. The molecule has 3 aliphatic rings. The van der Waals surface area contributed by atoms with E-state index in [1.807, 2.05) is 0 Å².